The molecular weight excluding hydrogens is 556 g/mol. The fraction of sp³-hybridized carbons (Fsp3) is 0.444. The van der Waals surface area contributed by atoms with Crippen molar-refractivity contribution in [1.29, 1.82) is 0 Å². The number of ether oxygens (including phenoxy) is 1. The van der Waals surface area contributed by atoms with Crippen LogP contribution in [0.5, 0.6) is 5.75 Å². The van der Waals surface area contributed by atoms with Crippen LogP contribution in [-0.2, 0) is 35.8 Å². The molecule has 1 fully saturated rings. The third-order valence-electron chi connectivity index (χ3n) is 7.55. The minimum atomic E-state index is -3.90. The van der Waals surface area contributed by atoms with E-state index in [1.807, 2.05) is 24.3 Å². The second-order valence-electron chi connectivity index (χ2n) is 10.9. The van der Waals surface area contributed by atoms with Gasteiger partial charge in [0.15, 0.2) is 19.7 Å². The Bertz CT molecular complexity index is 1640. The van der Waals surface area contributed by atoms with Gasteiger partial charge in [-0.2, -0.15) is 0 Å². The molecule has 0 saturated heterocycles. The number of fused-ring (bicyclic) bond motifs is 1. The summed E-state index contributed by atoms with van der Waals surface area (Å²) in [5.41, 5.74) is 7.25. The lowest BCUT2D eigenvalue weighted by atomic mass is 10.1. The largest absolute Gasteiger partial charge is 0.490 e. The van der Waals surface area contributed by atoms with E-state index in [1.165, 1.54) is 36.9 Å². The molecule has 2 N–H and O–H groups in total. The zero-order valence-corrected chi connectivity index (χ0v) is 24.2. The molecule has 0 radical (unpaired) electrons. The van der Waals surface area contributed by atoms with Crippen molar-refractivity contribution in [2.75, 3.05) is 16.9 Å². The minimum absolute atomic E-state index is 0.0127. The number of hydrogen-bond acceptors (Lipinski definition) is 10. The molecule has 214 valence electrons. The first kappa shape index (κ1) is 28.2. The number of anilines is 1. The van der Waals surface area contributed by atoms with Gasteiger partial charge in [-0.3, -0.25) is 4.79 Å². The molecule has 1 amide bonds. The number of nitrogens with zero attached hydrogens (tertiary/aromatic N) is 3. The maximum absolute atomic E-state index is 13.4. The SMILES string of the molecule is CC(C)(c1nnc(-c2ccc3c(c2)N(Cc2ccc(OC4CCCC4)cc2)C(=O)[C@@H](N)CS3(=O)=O)o1)S(C)(=O)=O. The van der Waals surface area contributed by atoms with Crippen LogP contribution in [0.1, 0.15) is 51.0 Å². The number of benzene rings is 2. The Morgan fingerprint density at radius 3 is 2.42 bits per heavy atom. The van der Waals surface area contributed by atoms with E-state index in [9.17, 15) is 21.6 Å². The summed E-state index contributed by atoms with van der Waals surface area (Å²) in [6.45, 7) is 2.97. The Kier molecular flexibility index (Phi) is 7.26. The molecule has 11 nitrogen and oxygen atoms in total. The van der Waals surface area contributed by atoms with E-state index < -0.39 is 42.1 Å². The average Bonchev–Trinajstić information content (AvgIpc) is 3.58. The zero-order valence-electron chi connectivity index (χ0n) is 22.5. The minimum Gasteiger partial charge on any atom is -0.490 e. The highest BCUT2D eigenvalue weighted by atomic mass is 32.2. The number of hydrogen-bond donors (Lipinski definition) is 1. The third kappa shape index (κ3) is 5.37. The maximum Gasteiger partial charge on any atom is 0.247 e. The third-order valence-corrected chi connectivity index (χ3v) is 11.4. The first-order chi connectivity index (χ1) is 18.8. The highest BCUT2D eigenvalue weighted by Gasteiger charge is 2.39. The Hall–Kier alpha value is -3.29. The highest BCUT2D eigenvalue weighted by Crippen LogP contribution is 2.37. The Labute approximate surface area is 233 Å². The Morgan fingerprint density at radius 1 is 1.10 bits per heavy atom. The summed E-state index contributed by atoms with van der Waals surface area (Å²) in [7, 11) is -7.47. The summed E-state index contributed by atoms with van der Waals surface area (Å²) in [6, 6.07) is 10.4. The van der Waals surface area contributed by atoms with E-state index in [0.717, 1.165) is 43.3 Å². The molecular formula is C27H32N4O7S2. The fourth-order valence-corrected chi connectivity index (χ4v) is 6.76. The van der Waals surface area contributed by atoms with E-state index in [0.29, 0.717) is 5.56 Å². The van der Waals surface area contributed by atoms with Crippen LogP contribution in [-0.4, -0.2) is 57.1 Å². The van der Waals surface area contributed by atoms with Gasteiger partial charge < -0.3 is 19.8 Å². The van der Waals surface area contributed by atoms with E-state index in [4.69, 9.17) is 14.9 Å². The molecule has 2 heterocycles. The number of rotatable bonds is 7. The van der Waals surface area contributed by atoms with Gasteiger partial charge in [0.1, 0.15) is 10.5 Å². The maximum atomic E-state index is 13.4. The van der Waals surface area contributed by atoms with Gasteiger partial charge in [-0.05, 0) is 75.4 Å². The number of aromatic nitrogens is 2. The van der Waals surface area contributed by atoms with Crippen molar-refractivity contribution in [3.63, 3.8) is 0 Å². The summed E-state index contributed by atoms with van der Waals surface area (Å²) < 4.78 is 61.1. The van der Waals surface area contributed by atoms with Crippen molar-refractivity contribution in [1.82, 2.24) is 10.2 Å². The second kappa shape index (κ2) is 10.3. The van der Waals surface area contributed by atoms with E-state index in [1.54, 1.807) is 0 Å². The van der Waals surface area contributed by atoms with Gasteiger partial charge in [0.2, 0.25) is 17.7 Å². The summed E-state index contributed by atoms with van der Waals surface area (Å²) >= 11 is 0. The van der Waals surface area contributed by atoms with Crippen LogP contribution >= 0.6 is 0 Å². The lowest BCUT2D eigenvalue weighted by Gasteiger charge is -2.24. The number of carbonyl (C=O) groups is 1. The van der Waals surface area contributed by atoms with Gasteiger partial charge >= 0.3 is 0 Å². The molecule has 0 bridgehead atoms. The van der Waals surface area contributed by atoms with Gasteiger partial charge in [0.05, 0.1) is 35.0 Å². The summed E-state index contributed by atoms with van der Waals surface area (Å²) in [4.78, 5) is 14.7. The second-order valence-corrected chi connectivity index (χ2v) is 15.4. The quantitative estimate of drug-likeness (QED) is 0.434. The number of nitrogens with two attached hydrogens (primary N) is 1. The van der Waals surface area contributed by atoms with E-state index in [-0.39, 0.29) is 35.0 Å². The first-order valence-corrected chi connectivity index (χ1v) is 16.5. The Morgan fingerprint density at radius 2 is 1.77 bits per heavy atom. The predicted octanol–water partition coefficient (Wildman–Crippen LogP) is 2.99. The molecule has 0 unspecified atom stereocenters. The van der Waals surface area contributed by atoms with Gasteiger partial charge in [-0.15, -0.1) is 10.2 Å². The lowest BCUT2D eigenvalue weighted by molar-refractivity contribution is -0.119. The standard InChI is InChI=1S/C27H32N4O7S2/c1-27(2,39(3,33)34)26-30-29-24(38-26)18-10-13-23-22(14-18)31(25(32)21(28)16-40(23,35)36)15-17-8-11-20(12-9-17)37-19-6-4-5-7-19/h8-14,19,21H,4-7,15-16,28H2,1-3H3/t21-/m0/s1. The van der Waals surface area contributed by atoms with Crippen molar-refractivity contribution in [3.8, 4) is 17.2 Å². The number of carbonyl (C=O) groups excluding carboxylic acids is 1. The van der Waals surface area contributed by atoms with Crippen LogP contribution in [0.15, 0.2) is 51.8 Å². The van der Waals surface area contributed by atoms with Crippen molar-refractivity contribution in [2.45, 2.75) is 67.9 Å². The Balaban J connectivity index is 1.51. The molecule has 1 atom stereocenters. The highest BCUT2D eigenvalue weighted by molar-refractivity contribution is 7.92. The topological polar surface area (TPSA) is 163 Å². The van der Waals surface area contributed by atoms with Crippen molar-refractivity contribution in [3.05, 3.63) is 53.9 Å². The molecule has 1 aliphatic carbocycles. The van der Waals surface area contributed by atoms with Crippen LogP contribution in [0.3, 0.4) is 0 Å². The summed E-state index contributed by atoms with van der Waals surface area (Å²) in [6.07, 6.45) is 5.66. The van der Waals surface area contributed by atoms with Crippen LogP contribution < -0.4 is 15.4 Å². The molecule has 5 rings (SSSR count). The molecule has 13 heteroatoms. The average molecular weight is 589 g/mol. The number of amides is 1. The molecule has 3 aromatic rings. The smallest absolute Gasteiger partial charge is 0.247 e. The first-order valence-electron chi connectivity index (χ1n) is 13.0. The van der Waals surface area contributed by atoms with Gasteiger partial charge in [0.25, 0.3) is 0 Å². The number of sulfone groups is 2. The van der Waals surface area contributed by atoms with Crippen LogP contribution in [0, 0.1) is 0 Å². The fourth-order valence-electron chi connectivity index (χ4n) is 4.80. The summed E-state index contributed by atoms with van der Waals surface area (Å²) in [5.74, 6) is -0.459. The molecule has 1 aliphatic heterocycles. The van der Waals surface area contributed by atoms with Crippen LogP contribution in [0.25, 0.3) is 11.5 Å². The van der Waals surface area contributed by atoms with Crippen LogP contribution in [0.4, 0.5) is 5.69 Å². The van der Waals surface area contributed by atoms with Crippen LogP contribution in [0.2, 0.25) is 0 Å². The zero-order chi connectivity index (χ0) is 28.9. The lowest BCUT2D eigenvalue weighted by Crippen LogP contribution is -2.45. The van der Waals surface area contributed by atoms with E-state index >= 15 is 0 Å². The molecule has 2 aliphatic rings. The molecule has 2 aromatic carbocycles. The molecule has 0 spiro atoms. The van der Waals surface area contributed by atoms with E-state index in [2.05, 4.69) is 10.2 Å². The van der Waals surface area contributed by atoms with Crippen molar-refractivity contribution >= 4 is 31.3 Å². The molecule has 1 saturated carbocycles. The monoisotopic (exact) mass is 588 g/mol. The van der Waals surface area contributed by atoms with Gasteiger partial charge in [0, 0.05) is 11.8 Å². The van der Waals surface area contributed by atoms with Crippen molar-refractivity contribution in [2.24, 2.45) is 5.73 Å². The van der Waals surface area contributed by atoms with Gasteiger partial charge in [-0.1, -0.05) is 12.1 Å². The molecule has 1 aromatic heterocycles. The predicted molar refractivity (Wildman–Crippen MR) is 148 cm³/mol. The van der Waals surface area contributed by atoms with Crippen molar-refractivity contribution < 1.29 is 30.8 Å². The molecule has 40 heavy (non-hydrogen) atoms. The summed E-state index contributed by atoms with van der Waals surface area (Å²) in [5, 5.41) is 7.92. The normalized spacial score (nSPS) is 19.9. The van der Waals surface area contributed by atoms with Gasteiger partial charge in [-0.25, -0.2) is 16.8 Å².